The van der Waals surface area contributed by atoms with Crippen molar-refractivity contribution in [3.05, 3.63) is 32.3 Å². The van der Waals surface area contributed by atoms with Gasteiger partial charge in [-0.15, -0.1) is 0 Å². The van der Waals surface area contributed by atoms with Gasteiger partial charge in [-0.25, -0.2) is 4.79 Å². The number of nitrogens with one attached hydrogen (secondary N) is 1. The number of nitrogens with zero attached hydrogens (tertiary/aromatic N) is 1. The molecule has 0 unspecified atom stereocenters. The Kier molecular flexibility index (Phi) is 3.45. The van der Waals surface area contributed by atoms with Crippen molar-refractivity contribution in [3.63, 3.8) is 0 Å². The number of phenols is 1. The van der Waals surface area contributed by atoms with E-state index in [1.165, 1.54) is 13.1 Å². The fourth-order valence-electron chi connectivity index (χ4n) is 1.47. The molecule has 5 nitrogen and oxygen atoms in total. The summed E-state index contributed by atoms with van der Waals surface area (Å²) >= 11 is 6.48. The average molecular weight is 376 g/mol. The van der Waals surface area contributed by atoms with Crippen LogP contribution in [0.2, 0.25) is 0 Å². The van der Waals surface area contributed by atoms with E-state index >= 15 is 0 Å². The molecule has 2 rings (SSSR count). The van der Waals surface area contributed by atoms with E-state index in [-0.39, 0.29) is 11.4 Å². The Morgan fingerprint density at radius 2 is 2.00 bits per heavy atom. The first kappa shape index (κ1) is 13.1. The standard InChI is InChI=1S/C11H8Br2N2O3/c1-15-10(17)8(14-11(15)18)3-5-2-6(12)4-7(13)9(5)16/h2-4,16H,1H3,(H,14,18)/b8-3+. The number of urea groups is 1. The molecule has 0 spiro atoms. The summed E-state index contributed by atoms with van der Waals surface area (Å²) in [4.78, 5) is 23.9. The van der Waals surface area contributed by atoms with Crippen molar-refractivity contribution < 1.29 is 14.7 Å². The van der Waals surface area contributed by atoms with Crippen molar-refractivity contribution in [1.29, 1.82) is 0 Å². The van der Waals surface area contributed by atoms with Gasteiger partial charge in [-0.3, -0.25) is 9.69 Å². The van der Waals surface area contributed by atoms with Gasteiger partial charge in [0.05, 0.1) is 4.47 Å². The Hall–Kier alpha value is -1.34. The molecule has 7 heteroatoms. The molecule has 1 aliphatic rings. The zero-order valence-electron chi connectivity index (χ0n) is 9.20. The molecule has 0 saturated carbocycles. The van der Waals surface area contributed by atoms with Gasteiger partial charge in [-0.1, -0.05) is 15.9 Å². The third kappa shape index (κ3) is 2.28. The topological polar surface area (TPSA) is 69.6 Å². The van der Waals surface area contributed by atoms with Crippen LogP contribution < -0.4 is 5.32 Å². The number of carbonyl (C=O) groups excluding carboxylic acids is 2. The smallest absolute Gasteiger partial charge is 0.328 e. The first-order chi connectivity index (χ1) is 8.40. The summed E-state index contributed by atoms with van der Waals surface area (Å²) in [7, 11) is 1.38. The second-order valence-electron chi connectivity index (χ2n) is 3.68. The molecule has 0 aliphatic carbocycles. The summed E-state index contributed by atoms with van der Waals surface area (Å²) in [6, 6.07) is 2.84. The van der Waals surface area contributed by atoms with Crippen LogP contribution in [0, 0.1) is 0 Å². The number of rotatable bonds is 1. The summed E-state index contributed by atoms with van der Waals surface area (Å²) in [6.07, 6.45) is 1.43. The van der Waals surface area contributed by atoms with Crippen LogP contribution in [-0.2, 0) is 4.79 Å². The number of hydrogen-bond donors (Lipinski definition) is 2. The maximum atomic E-state index is 11.7. The van der Waals surface area contributed by atoms with E-state index in [9.17, 15) is 14.7 Å². The molecule has 0 radical (unpaired) electrons. The highest BCUT2D eigenvalue weighted by atomic mass is 79.9. The SMILES string of the molecule is CN1C(=O)N/C(=C/c2cc(Br)cc(Br)c2O)C1=O. The molecule has 1 fully saturated rings. The van der Waals surface area contributed by atoms with Gasteiger partial charge in [0.25, 0.3) is 5.91 Å². The molecule has 94 valence electrons. The van der Waals surface area contributed by atoms with Gasteiger partial charge in [0.1, 0.15) is 11.4 Å². The van der Waals surface area contributed by atoms with E-state index in [1.807, 2.05) is 0 Å². The molecular weight excluding hydrogens is 368 g/mol. The molecule has 1 heterocycles. The monoisotopic (exact) mass is 374 g/mol. The highest BCUT2D eigenvalue weighted by Crippen LogP contribution is 2.33. The van der Waals surface area contributed by atoms with Gasteiger partial charge < -0.3 is 10.4 Å². The molecule has 1 aliphatic heterocycles. The van der Waals surface area contributed by atoms with Gasteiger partial charge in [0, 0.05) is 17.1 Å². The molecule has 1 aromatic rings. The van der Waals surface area contributed by atoms with Gasteiger partial charge in [0.15, 0.2) is 0 Å². The van der Waals surface area contributed by atoms with Crippen LogP contribution in [0.4, 0.5) is 4.79 Å². The molecule has 0 bridgehead atoms. The summed E-state index contributed by atoms with van der Waals surface area (Å²) in [5.41, 5.74) is 0.554. The third-order valence-electron chi connectivity index (χ3n) is 2.44. The number of halogens is 2. The minimum Gasteiger partial charge on any atom is -0.506 e. The Bertz CT molecular complexity index is 584. The van der Waals surface area contributed by atoms with E-state index < -0.39 is 11.9 Å². The van der Waals surface area contributed by atoms with E-state index in [1.54, 1.807) is 12.1 Å². The predicted molar refractivity (Wildman–Crippen MR) is 72.8 cm³/mol. The molecule has 1 aromatic carbocycles. The largest absolute Gasteiger partial charge is 0.506 e. The zero-order valence-corrected chi connectivity index (χ0v) is 12.4. The van der Waals surface area contributed by atoms with Gasteiger partial charge in [0.2, 0.25) is 0 Å². The summed E-state index contributed by atoms with van der Waals surface area (Å²) < 4.78 is 1.23. The molecular formula is C11H8Br2N2O3. The second-order valence-corrected chi connectivity index (χ2v) is 5.45. The normalized spacial score (nSPS) is 17.5. The lowest BCUT2D eigenvalue weighted by molar-refractivity contribution is -0.121. The summed E-state index contributed by atoms with van der Waals surface area (Å²) in [5.74, 6) is -0.433. The number of aromatic hydroxyl groups is 1. The minimum absolute atomic E-state index is 0.00213. The van der Waals surface area contributed by atoms with E-state index in [4.69, 9.17) is 0 Å². The van der Waals surface area contributed by atoms with Crippen molar-refractivity contribution in [1.82, 2.24) is 10.2 Å². The first-order valence-corrected chi connectivity index (χ1v) is 6.47. The van der Waals surface area contributed by atoms with Crippen LogP contribution in [0.25, 0.3) is 6.08 Å². The van der Waals surface area contributed by atoms with Gasteiger partial charge >= 0.3 is 6.03 Å². The van der Waals surface area contributed by atoms with Crippen molar-refractivity contribution in [2.45, 2.75) is 0 Å². The number of amides is 3. The summed E-state index contributed by atoms with van der Waals surface area (Å²) in [5, 5.41) is 12.3. The maximum absolute atomic E-state index is 11.7. The van der Waals surface area contributed by atoms with Gasteiger partial charge in [-0.2, -0.15) is 0 Å². The second kappa shape index (κ2) is 4.74. The Labute approximate surface area is 120 Å². The quantitative estimate of drug-likeness (QED) is 0.585. The number of benzene rings is 1. The van der Waals surface area contributed by atoms with Crippen molar-refractivity contribution >= 4 is 49.9 Å². The highest BCUT2D eigenvalue weighted by molar-refractivity contribution is 9.11. The van der Waals surface area contributed by atoms with Crippen molar-refractivity contribution in [3.8, 4) is 5.75 Å². The lowest BCUT2D eigenvalue weighted by atomic mass is 10.1. The lowest BCUT2D eigenvalue weighted by Crippen LogP contribution is -2.25. The minimum atomic E-state index is -0.486. The molecule has 2 N–H and O–H groups in total. The number of likely N-dealkylation sites (N-methyl/N-ethyl adjacent to an activating group) is 1. The van der Waals surface area contributed by atoms with Crippen molar-refractivity contribution in [2.24, 2.45) is 0 Å². The van der Waals surface area contributed by atoms with E-state index in [2.05, 4.69) is 37.2 Å². The Morgan fingerprint density at radius 1 is 1.33 bits per heavy atom. The van der Waals surface area contributed by atoms with E-state index in [0.717, 1.165) is 9.37 Å². The molecule has 3 amide bonds. The lowest BCUT2D eigenvalue weighted by Gasteiger charge is -2.04. The molecule has 1 saturated heterocycles. The van der Waals surface area contributed by atoms with Crippen molar-refractivity contribution in [2.75, 3.05) is 7.05 Å². The van der Waals surface area contributed by atoms with Crippen LogP contribution in [0.3, 0.4) is 0 Å². The van der Waals surface area contributed by atoms with E-state index in [0.29, 0.717) is 10.0 Å². The maximum Gasteiger partial charge on any atom is 0.328 e. The van der Waals surface area contributed by atoms with Crippen LogP contribution in [0.5, 0.6) is 5.75 Å². The average Bonchev–Trinajstić information content (AvgIpc) is 2.53. The van der Waals surface area contributed by atoms with Gasteiger partial charge in [-0.05, 0) is 34.1 Å². The molecule has 0 aromatic heterocycles. The number of hydrogen-bond acceptors (Lipinski definition) is 3. The van der Waals surface area contributed by atoms with Crippen LogP contribution in [0.15, 0.2) is 26.8 Å². The number of carbonyl (C=O) groups is 2. The molecule has 18 heavy (non-hydrogen) atoms. The highest BCUT2D eigenvalue weighted by Gasteiger charge is 2.30. The van der Waals surface area contributed by atoms with Crippen LogP contribution in [-0.4, -0.2) is 29.0 Å². The third-order valence-corrected chi connectivity index (χ3v) is 3.50. The fourth-order valence-corrected chi connectivity index (χ4v) is 2.73. The number of phenolic OH excluding ortho intramolecular Hbond substituents is 1. The molecule has 0 atom stereocenters. The van der Waals surface area contributed by atoms with Crippen LogP contribution >= 0.6 is 31.9 Å². The number of imide groups is 1. The summed E-state index contributed by atoms with van der Waals surface area (Å²) in [6.45, 7) is 0. The Balaban J connectivity index is 2.46. The zero-order chi connectivity index (χ0) is 13.4. The Morgan fingerprint density at radius 3 is 2.56 bits per heavy atom. The predicted octanol–water partition coefficient (Wildman–Crippen LogP) is 2.44. The van der Waals surface area contributed by atoms with Crippen LogP contribution in [0.1, 0.15) is 5.56 Å². The first-order valence-electron chi connectivity index (χ1n) is 4.89. The fraction of sp³-hybridized carbons (Fsp3) is 0.0909.